The molecular weight excluding hydrogens is 316 g/mol. The molecule has 1 nitrogen and oxygen atoms in total. The summed E-state index contributed by atoms with van der Waals surface area (Å²) in [6.45, 7) is 11.8. The molecule has 0 radical (unpaired) electrons. The minimum Gasteiger partial charge on any atom is -0.481 e. The summed E-state index contributed by atoms with van der Waals surface area (Å²) in [4.78, 5) is 0. The van der Waals surface area contributed by atoms with E-state index in [4.69, 9.17) is 4.74 Å². The Labute approximate surface area is 157 Å². The molecule has 1 heterocycles. The minimum absolute atomic E-state index is 0.429. The number of allylic oxidation sites excluding steroid dienone is 4. The van der Waals surface area contributed by atoms with Crippen molar-refractivity contribution in [3.05, 3.63) is 103 Å². The van der Waals surface area contributed by atoms with E-state index in [9.17, 15) is 0 Å². The third-order valence-corrected chi connectivity index (χ3v) is 4.84. The Hall–Kier alpha value is -2.80. The van der Waals surface area contributed by atoms with Crippen LogP contribution in [0.5, 0.6) is 5.75 Å². The highest BCUT2D eigenvalue weighted by Crippen LogP contribution is 2.49. The van der Waals surface area contributed by atoms with E-state index < -0.39 is 5.60 Å². The smallest absolute Gasteiger partial charge is 0.141 e. The maximum atomic E-state index is 6.70. The summed E-state index contributed by atoms with van der Waals surface area (Å²) < 4.78 is 6.70. The molecule has 0 atom stereocenters. The lowest BCUT2D eigenvalue weighted by atomic mass is 9.78. The summed E-state index contributed by atoms with van der Waals surface area (Å²) in [5.74, 6) is 0.959. The van der Waals surface area contributed by atoms with Gasteiger partial charge in [0.1, 0.15) is 11.4 Å². The Morgan fingerprint density at radius 1 is 0.846 bits per heavy atom. The molecule has 0 aliphatic carbocycles. The third-order valence-electron chi connectivity index (χ3n) is 4.84. The number of aryl methyl sites for hydroxylation is 2. The number of fused-ring (bicyclic) bond motifs is 3. The van der Waals surface area contributed by atoms with Gasteiger partial charge in [-0.2, -0.15) is 0 Å². The SMILES string of the molecule is C=CC=CCC1(CC=CC=C)Oc2cc(C)ccc2-c2ccc(C)cc21. The molecule has 0 amide bonds. The fourth-order valence-corrected chi connectivity index (χ4v) is 3.57. The second-order valence-electron chi connectivity index (χ2n) is 6.88. The number of hydrogen-bond acceptors (Lipinski definition) is 1. The van der Waals surface area contributed by atoms with Crippen LogP contribution >= 0.6 is 0 Å². The van der Waals surface area contributed by atoms with E-state index in [1.807, 2.05) is 24.3 Å². The predicted octanol–water partition coefficient (Wildman–Crippen LogP) is 6.82. The van der Waals surface area contributed by atoms with Crippen LogP contribution in [0.2, 0.25) is 0 Å². The quantitative estimate of drug-likeness (QED) is 0.523. The molecule has 1 aliphatic heterocycles. The normalized spacial score (nSPS) is 18.4. The lowest BCUT2D eigenvalue weighted by Gasteiger charge is -2.40. The summed E-state index contributed by atoms with van der Waals surface area (Å²) >= 11 is 0. The van der Waals surface area contributed by atoms with Gasteiger partial charge in [-0.15, -0.1) is 0 Å². The van der Waals surface area contributed by atoms with E-state index in [-0.39, 0.29) is 0 Å². The maximum absolute atomic E-state index is 6.70. The second kappa shape index (κ2) is 7.61. The van der Waals surface area contributed by atoms with Crippen LogP contribution in [-0.2, 0) is 5.60 Å². The Morgan fingerprint density at radius 2 is 1.42 bits per heavy atom. The van der Waals surface area contributed by atoms with Crippen molar-refractivity contribution in [2.45, 2.75) is 32.3 Å². The molecular formula is C25H26O. The van der Waals surface area contributed by atoms with Crippen molar-refractivity contribution < 1.29 is 4.74 Å². The minimum atomic E-state index is -0.429. The average molecular weight is 342 g/mol. The first-order valence-electron chi connectivity index (χ1n) is 9.06. The summed E-state index contributed by atoms with van der Waals surface area (Å²) in [5, 5.41) is 0. The fraction of sp³-hybridized carbons (Fsp3) is 0.200. The zero-order valence-electron chi connectivity index (χ0n) is 15.7. The van der Waals surface area contributed by atoms with Crippen molar-refractivity contribution in [3.8, 4) is 16.9 Å². The molecule has 2 aromatic rings. The maximum Gasteiger partial charge on any atom is 0.141 e. The molecule has 0 spiro atoms. The van der Waals surface area contributed by atoms with Crippen LogP contribution in [0.15, 0.2) is 86.0 Å². The molecule has 0 aromatic heterocycles. The van der Waals surface area contributed by atoms with E-state index in [1.165, 1.54) is 27.8 Å². The molecule has 0 fully saturated rings. The van der Waals surface area contributed by atoms with Gasteiger partial charge in [-0.1, -0.05) is 85.5 Å². The van der Waals surface area contributed by atoms with Crippen LogP contribution in [-0.4, -0.2) is 0 Å². The Kier molecular flexibility index (Phi) is 5.27. The van der Waals surface area contributed by atoms with E-state index in [0.717, 1.165) is 18.6 Å². The number of benzene rings is 2. The molecule has 2 aromatic carbocycles. The standard InChI is InChI=1S/C25H26O/c1-5-7-9-15-25(16-10-8-6-2)23-17-19(3)11-13-21(23)22-14-12-20(4)18-24(22)26-25/h5-14,17-18H,1-2,15-16H2,3-4H3. The molecule has 0 saturated carbocycles. The van der Waals surface area contributed by atoms with Gasteiger partial charge in [0.25, 0.3) is 0 Å². The first-order chi connectivity index (χ1) is 12.6. The molecule has 1 aliphatic rings. The summed E-state index contributed by atoms with van der Waals surface area (Å²) in [6, 6.07) is 13.1. The fourth-order valence-electron chi connectivity index (χ4n) is 3.57. The highest BCUT2D eigenvalue weighted by atomic mass is 16.5. The lowest BCUT2D eigenvalue weighted by Crippen LogP contribution is -2.35. The highest BCUT2D eigenvalue weighted by Gasteiger charge is 2.39. The van der Waals surface area contributed by atoms with E-state index in [0.29, 0.717) is 0 Å². The number of hydrogen-bond donors (Lipinski definition) is 0. The topological polar surface area (TPSA) is 9.23 Å². The third kappa shape index (κ3) is 3.43. The summed E-state index contributed by atoms with van der Waals surface area (Å²) in [7, 11) is 0. The molecule has 0 N–H and O–H groups in total. The van der Waals surface area contributed by atoms with Crippen LogP contribution in [0.1, 0.15) is 29.5 Å². The Bertz CT molecular complexity index is 863. The van der Waals surface area contributed by atoms with Gasteiger partial charge in [0.2, 0.25) is 0 Å². The van der Waals surface area contributed by atoms with Crippen molar-refractivity contribution >= 4 is 0 Å². The van der Waals surface area contributed by atoms with Crippen LogP contribution in [0.25, 0.3) is 11.1 Å². The average Bonchev–Trinajstić information content (AvgIpc) is 2.62. The second-order valence-corrected chi connectivity index (χ2v) is 6.88. The van der Waals surface area contributed by atoms with E-state index in [1.54, 1.807) is 0 Å². The monoisotopic (exact) mass is 342 g/mol. The lowest BCUT2D eigenvalue weighted by molar-refractivity contribution is 0.0693. The molecule has 0 saturated heterocycles. The highest BCUT2D eigenvalue weighted by molar-refractivity contribution is 5.77. The first-order valence-corrected chi connectivity index (χ1v) is 9.06. The van der Waals surface area contributed by atoms with Crippen LogP contribution in [0.3, 0.4) is 0 Å². The van der Waals surface area contributed by atoms with Gasteiger partial charge in [0.15, 0.2) is 0 Å². The summed E-state index contributed by atoms with van der Waals surface area (Å²) in [6.07, 6.45) is 13.4. The van der Waals surface area contributed by atoms with Crippen molar-refractivity contribution in [1.82, 2.24) is 0 Å². The Morgan fingerprint density at radius 3 is 2.04 bits per heavy atom. The van der Waals surface area contributed by atoms with Crippen molar-refractivity contribution in [2.24, 2.45) is 0 Å². The predicted molar refractivity (Wildman–Crippen MR) is 112 cm³/mol. The number of rotatable bonds is 6. The van der Waals surface area contributed by atoms with Gasteiger partial charge in [-0.3, -0.25) is 0 Å². The van der Waals surface area contributed by atoms with Crippen LogP contribution in [0.4, 0.5) is 0 Å². The molecule has 3 rings (SSSR count). The van der Waals surface area contributed by atoms with Gasteiger partial charge in [-0.25, -0.2) is 0 Å². The van der Waals surface area contributed by atoms with Gasteiger partial charge >= 0.3 is 0 Å². The molecule has 26 heavy (non-hydrogen) atoms. The molecule has 0 bridgehead atoms. The van der Waals surface area contributed by atoms with Crippen LogP contribution in [0, 0.1) is 13.8 Å². The largest absolute Gasteiger partial charge is 0.481 e. The van der Waals surface area contributed by atoms with Gasteiger partial charge in [0.05, 0.1) is 0 Å². The van der Waals surface area contributed by atoms with Gasteiger partial charge in [0, 0.05) is 24.0 Å². The van der Waals surface area contributed by atoms with Crippen LogP contribution < -0.4 is 4.74 Å². The zero-order valence-corrected chi connectivity index (χ0v) is 15.7. The van der Waals surface area contributed by atoms with Crippen molar-refractivity contribution in [2.75, 3.05) is 0 Å². The molecule has 132 valence electrons. The number of ether oxygens (including phenoxy) is 1. The van der Waals surface area contributed by atoms with Gasteiger partial charge in [-0.05, 0) is 31.0 Å². The van der Waals surface area contributed by atoms with E-state index >= 15 is 0 Å². The van der Waals surface area contributed by atoms with Crippen molar-refractivity contribution in [1.29, 1.82) is 0 Å². The molecule has 0 unspecified atom stereocenters. The zero-order chi connectivity index (χ0) is 18.6. The van der Waals surface area contributed by atoms with Gasteiger partial charge < -0.3 is 4.74 Å². The van der Waals surface area contributed by atoms with E-state index in [2.05, 4.69) is 75.6 Å². The molecule has 1 heteroatoms. The first kappa shape index (κ1) is 18.0. The van der Waals surface area contributed by atoms with Crippen molar-refractivity contribution in [3.63, 3.8) is 0 Å². The summed E-state index contributed by atoms with van der Waals surface area (Å²) in [5.41, 5.74) is 5.69. The Balaban J connectivity index is 2.20.